The van der Waals surface area contributed by atoms with Crippen molar-refractivity contribution in [1.29, 1.82) is 5.26 Å². The molecule has 1 N–H and O–H groups in total. The monoisotopic (exact) mass is 632 g/mol. The average Bonchev–Trinajstić information content (AvgIpc) is 3.18. The van der Waals surface area contributed by atoms with Gasteiger partial charge in [-0.15, -0.1) is 0 Å². The number of hydrogen-bond acceptors (Lipinski definition) is 3. The van der Waals surface area contributed by atoms with Gasteiger partial charge in [0.15, 0.2) is 0 Å². The van der Waals surface area contributed by atoms with Crippen LogP contribution in [-0.2, 0) is 13.0 Å². The molecule has 0 bridgehead atoms. The number of allylic oxidation sites excluding steroid dienone is 1. The van der Waals surface area contributed by atoms with Crippen LogP contribution in [0.25, 0.3) is 39.5 Å². The highest BCUT2D eigenvalue weighted by atomic mass is 15.1. The van der Waals surface area contributed by atoms with Gasteiger partial charge in [-0.1, -0.05) is 146 Å². The molecule has 0 heterocycles. The third-order valence-corrected chi connectivity index (χ3v) is 9.03. The van der Waals surface area contributed by atoms with E-state index in [2.05, 4.69) is 114 Å². The van der Waals surface area contributed by atoms with Crippen LogP contribution in [0.2, 0.25) is 0 Å². The number of nitrogens with one attached hydrogen (secondary N) is 1. The largest absolute Gasteiger partial charge is 0.345 e. The number of benzene rings is 6. The minimum Gasteiger partial charge on any atom is -0.345 e. The van der Waals surface area contributed by atoms with Crippen molar-refractivity contribution in [2.45, 2.75) is 25.6 Å². The molecule has 0 saturated carbocycles. The predicted octanol–water partition coefficient (Wildman–Crippen LogP) is 10.5. The van der Waals surface area contributed by atoms with E-state index in [9.17, 15) is 5.26 Å². The normalized spacial score (nSPS) is 12.8. The molecule has 0 radical (unpaired) electrons. The van der Waals surface area contributed by atoms with Gasteiger partial charge < -0.3 is 5.32 Å². The fourth-order valence-corrected chi connectivity index (χ4v) is 6.46. The smallest absolute Gasteiger partial charge is 0.145 e. The van der Waals surface area contributed by atoms with Crippen LogP contribution in [0.15, 0.2) is 162 Å². The molecular weight excluding hydrogens is 597 g/mol. The van der Waals surface area contributed by atoms with Gasteiger partial charge in [0.05, 0.1) is 18.2 Å². The Kier molecular flexibility index (Phi) is 9.34. The zero-order valence-corrected chi connectivity index (χ0v) is 27.3. The third kappa shape index (κ3) is 7.02. The molecule has 1 atom stereocenters. The molecule has 1 aliphatic carbocycles. The molecule has 0 amide bonds. The molecular formula is C45H36N4. The van der Waals surface area contributed by atoms with Crippen molar-refractivity contribution >= 4 is 18.6 Å². The summed E-state index contributed by atoms with van der Waals surface area (Å²) in [5.41, 5.74) is 13.6. The van der Waals surface area contributed by atoms with Gasteiger partial charge in [-0.25, -0.2) is 0 Å². The third-order valence-electron chi connectivity index (χ3n) is 9.03. The first-order valence-corrected chi connectivity index (χ1v) is 16.6. The minimum absolute atomic E-state index is 0.302. The lowest BCUT2D eigenvalue weighted by atomic mass is 9.84. The van der Waals surface area contributed by atoms with Crippen molar-refractivity contribution in [3.05, 3.63) is 185 Å². The number of fused-ring (bicyclic) bond motifs is 1. The van der Waals surface area contributed by atoms with E-state index in [-0.39, 0.29) is 6.17 Å². The van der Waals surface area contributed by atoms with Gasteiger partial charge in [-0.2, -0.15) is 5.26 Å². The molecule has 0 aromatic heterocycles. The molecule has 6 aromatic carbocycles. The van der Waals surface area contributed by atoms with Crippen LogP contribution in [0.4, 0.5) is 0 Å². The predicted molar refractivity (Wildman–Crippen MR) is 203 cm³/mol. The lowest BCUT2D eigenvalue weighted by Gasteiger charge is -2.20. The first-order valence-electron chi connectivity index (χ1n) is 16.6. The van der Waals surface area contributed by atoms with Gasteiger partial charge in [0, 0.05) is 5.56 Å². The summed E-state index contributed by atoms with van der Waals surface area (Å²) in [6.45, 7) is 4.36. The fraction of sp³-hybridized carbons (Fsp3) is 0.0889. The van der Waals surface area contributed by atoms with E-state index in [0.29, 0.717) is 12.1 Å². The standard InChI is InChI=1S/C45H36N4/c1-47-44(37-12-4-2-5-13-37)49-45(38-14-6-3-7-15-38)48-31-32-19-21-35(22-20-32)40-27-28-41(43-18-9-8-17-42(40)43)36-25-23-34(24-26-36)39-16-10-11-33(29-39)30-46/h2-8,10-17,19-29,44H,1,9,18,31H2,(H,48,49). The van der Waals surface area contributed by atoms with Gasteiger partial charge in [0.2, 0.25) is 0 Å². The lowest BCUT2D eigenvalue weighted by molar-refractivity contribution is 0.686. The summed E-state index contributed by atoms with van der Waals surface area (Å²) < 4.78 is 0. The fourth-order valence-electron chi connectivity index (χ4n) is 6.46. The van der Waals surface area contributed by atoms with E-state index in [1.807, 2.05) is 66.7 Å². The summed E-state index contributed by atoms with van der Waals surface area (Å²) >= 11 is 0. The molecule has 0 aliphatic heterocycles. The van der Waals surface area contributed by atoms with E-state index in [0.717, 1.165) is 46.5 Å². The van der Waals surface area contributed by atoms with Crippen molar-refractivity contribution in [3.63, 3.8) is 0 Å². The molecule has 236 valence electrons. The number of amidine groups is 1. The Morgan fingerprint density at radius 1 is 0.714 bits per heavy atom. The molecule has 0 saturated heterocycles. The van der Waals surface area contributed by atoms with Crippen LogP contribution in [0.5, 0.6) is 0 Å². The second kappa shape index (κ2) is 14.6. The van der Waals surface area contributed by atoms with Crippen LogP contribution in [0.3, 0.4) is 0 Å². The quantitative estimate of drug-likeness (QED) is 0.127. The van der Waals surface area contributed by atoms with Crippen molar-refractivity contribution in [1.82, 2.24) is 5.32 Å². The highest BCUT2D eigenvalue weighted by Crippen LogP contribution is 2.38. The van der Waals surface area contributed by atoms with E-state index < -0.39 is 0 Å². The summed E-state index contributed by atoms with van der Waals surface area (Å²) in [4.78, 5) is 9.37. The number of hydrogen-bond donors (Lipinski definition) is 1. The van der Waals surface area contributed by atoms with Crippen LogP contribution in [0.1, 0.15) is 46.0 Å². The maximum Gasteiger partial charge on any atom is 0.145 e. The second-order valence-electron chi connectivity index (χ2n) is 12.1. The van der Waals surface area contributed by atoms with Crippen molar-refractivity contribution in [3.8, 4) is 39.4 Å². The Hall–Kier alpha value is -6.31. The Labute approximate surface area is 288 Å². The summed E-state index contributed by atoms with van der Waals surface area (Å²) in [5, 5.41) is 12.8. The summed E-state index contributed by atoms with van der Waals surface area (Å²) in [7, 11) is 0. The zero-order chi connectivity index (χ0) is 33.4. The van der Waals surface area contributed by atoms with E-state index in [1.54, 1.807) is 0 Å². The highest BCUT2D eigenvalue weighted by Gasteiger charge is 2.17. The van der Waals surface area contributed by atoms with Crippen LogP contribution in [0, 0.1) is 11.3 Å². The molecule has 6 aromatic rings. The van der Waals surface area contributed by atoms with E-state index >= 15 is 0 Å². The Morgan fingerprint density at radius 2 is 1.39 bits per heavy atom. The number of aliphatic imine (C=N–C) groups is 2. The summed E-state index contributed by atoms with van der Waals surface area (Å²) in [6.07, 6.45) is 6.30. The summed E-state index contributed by atoms with van der Waals surface area (Å²) in [6, 6.07) is 52.3. The Bertz CT molecular complexity index is 2170. The first kappa shape index (κ1) is 31.3. The number of rotatable bonds is 9. The van der Waals surface area contributed by atoms with Gasteiger partial charge in [-0.05, 0) is 87.3 Å². The van der Waals surface area contributed by atoms with Crippen LogP contribution < -0.4 is 5.32 Å². The van der Waals surface area contributed by atoms with Crippen molar-refractivity contribution in [2.75, 3.05) is 0 Å². The molecule has 4 nitrogen and oxygen atoms in total. The molecule has 0 fully saturated rings. The van der Waals surface area contributed by atoms with Crippen LogP contribution >= 0.6 is 0 Å². The van der Waals surface area contributed by atoms with Crippen molar-refractivity contribution in [2.24, 2.45) is 9.98 Å². The maximum atomic E-state index is 9.32. The van der Waals surface area contributed by atoms with E-state index in [4.69, 9.17) is 4.99 Å². The SMILES string of the molecule is C=NC(N/C(=N\Cc1ccc(-c2ccc(-c3ccc(-c4cccc(C#N)c4)cc3)c3c2C=CCC3)cc1)c1ccccc1)c1ccccc1. The lowest BCUT2D eigenvalue weighted by Crippen LogP contribution is -2.28. The second-order valence-corrected chi connectivity index (χ2v) is 12.1. The van der Waals surface area contributed by atoms with Gasteiger partial charge in [0.1, 0.15) is 12.0 Å². The molecule has 49 heavy (non-hydrogen) atoms. The zero-order valence-electron chi connectivity index (χ0n) is 27.3. The molecule has 0 spiro atoms. The van der Waals surface area contributed by atoms with Gasteiger partial charge in [0.25, 0.3) is 0 Å². The molecule has 1 aliphatic rings. The Morgan fingerprint density at radius 3 is 2.12 bits per heavy atom. The molecule has 4 heteroatoms. The Balaban J connectivity index is 1.13. The summed E-state index contributed by atoms with van der Waals surface area (Å²) in [5.74, 6) is 0.782. The first-order chi connectivity index (χ1) is 24.2. The number of nitrogens with zero attached hydrogens (tertiary/aromatic N) is 3. The minimum atomic E-state index is -0.302. The molecule has 1 unspecified atom stereocenters. The van der Waals surface area contributed by atoms with E-state index in [1.165, 1.54) is 33.4 Å². The maximum absolute atomic E-state index is 9.32. The highest BCUT2D eigenvalue weighted by molar-refractivity contribution is 5.99. The topological polar surface area (TPSA) is 60.5 Å². The average molecular weight is 633 g/mol. The van der Waals surface area contributed by atoms with Crippen molar-refractivity contribution < 1.29 is 0 Å². The van der Waals surface area contributed by atoms with Crippen LogP contribution in [-0.4, -0.2) is 12.6 Å². The van der Waals surface area contributed by atoms with Gasteiger partial charge >= 0.3 is 0 Å². The number of nitriles is 1. The molecule has 7 rings (SSSR count). The van der Waals surface area contributed by atoms with Gasteiger partial charge in [-0.3, -0.25) is 9.98 Å².